The predicted molar refractivity (Wildman–Crippen MR) is 113 cm³/mol. The van der Waals surface area contributed by atoms with Gasteiger partial charge in [-0.25, -0.2) is 9.69 Å². The van der Waals surface area contributed by atoms with E-state index in [0.717, 1.165) is 4.90 Å². The number of imide groups is 2. The third-order valence-corrected chi connectivity index (χ3v) is 5.29. The lowest BCUT2D eigenvalue weighted by molar-refractivity contribution is -0.122. The van der Waals surface area contributed by atoms with Gasteiger partial charge in [0.15, 0.2) is 23.0 Å². The number of hydrogen-bond donors (Lipinski definition) is 1. The van der Waals surface area contributed by atoms with E-state index in [2.05, 4.69) is 21.2 Å². The fraction of sp³-hybridized carbons (Fsp3) is 0.190. The number of barbiturate groups is 1. The van der Waals surface area contributed by atoms with E-state index in [0.29, 0.717) is 39.6 Å². The average Bonchev–Trinajstić information content (AvgIpc) is 3.20. The zero-order valence-corrected chi connectivity index (χ0v) is 18.1. The Morgan fingerprint density at radius 2 is 1.90 bits per heavy atom. The second-order valence-electron chi connectivity index (χ2n) is 6.45. The minimum Gasteiger partial charge on any atom is -0.493 e. The molecule has 0 aromatic heterocycles. The molecule has 9 nitrogen and oxygen atoms in total. The number of fused-ring (bicyclic) bond motifs is 1. The normalized spacial score (nSPS) is 16.5. The third-order valence-electron chi connectivity index (χ3n) is 4.60. The predicted octanol–water partition coefficient (Wildman–Crippen LogP) is 3.25. The summed E-state index contributed by atoms with van der Waals surface area (Å²) in [5.74, 6) is 0.282. The molecule has 2 aliphatic heterocycles. The number of hydrogen-bond acceptors (Lipinski definition) is 7. The van der Waals surface area contributed by atoms with Crippen molar-refractivity contribution in [1.82, 2.24) is 5.32 Å². The zero-order valence-electron chi connectivity index (χ0n) is 16.6. The molecule has 0 saturated carbocycles. The summed E-state index contributed by atoms with van der Waals surface area (Å²) < 4.78 is 22.0. The van der Waals surface area contributed by atoms with Gasteiger partial charge in [0.25, 0.3) is 11.8 Å². The molecule has 0 atom stereocenters. The molecule has 160 valence electrons. The number of carbonyl (C=O) groups excluding carboxylic acids is 3. The molecule has 2 aromatic carbocycles. The van der Waals surface area contributed by atoms with Crippen molar-refractivity contribution >= 4 is 45.5 Å². The largest absolute Gasteiger partial charge is 0.493 e. The number of benzene rings is 2. The molecule has 2 aromatic rings. The molecule has 4 amide bonds. The van der Waals surface area contributed by atoms with Gasteiger partial charge >= 0.3 is 6.03 Å². The fourth-order valence-electron chi connectivity index (χ4n) is 3.16. The third kappa shape index (κ3) is 3.81. The van der Waals surface area contributed by atoms with Crippen LogP contribution in [0.3, 0.4) is 0 Å². The summed E-state index contributed by atoms with van der Waals surface area (Å²) in [6.07, 6.45) is 1.38. The number of nitrogens with one attached hydrogen (secondary N) is 1. The number of amides is 4. The summed E-state index contributed by atoms with van der Waals surface area (Å²) in [7, 11) is 1.49. The van der Waals surface area contributed by atoms with Gasteiger partial charge in [0.05, 0.1) is 19.4 Å². The fourth-order valence-corrected chi connectivity index (χ4v) is 3.60. The van der Waals surface area contributed by atoms with Crippen LogP contribution in [0.5, 0.6) is 23.0 Å². The Morgan fingerprint density at radius 3 is 2.65 bits per heavy atom. The van der Waals surface area contributed by atoms with E-state index >= 15 is 0 Å². The van der Waals surface area contributed by atoms with Crippen LogP contribution >= 0.6 is 15.9 Å². The van der Waals surface area contributed by atoms with Gasteiger partial charge in [-0.3, -0.25) is 14.9 Å². The standard InChI is InChI=1S/C21H17BrN2O7/c1-3-29-18-9-14(22)11(7-16(18)28-2)6-13-19(25)23-21(27)24(20(13)26)12-4-5-15-17(8-12)31-10-30-15/h4-9H,3,10H2,1-2H3,(H,23,25,27)/b13-6+. The first-order valence-corrected chi connectivity index (χ1v) is 10.0. The van der Waals surface area contributed by atoms with E-state index < -0.39 is 17.8 Å². The Morgan fingerprint density at radius 1 is 1.13 bits per heavy atom. The lowest BCUT2D eigenvalue weighted by atomic mass is 10.1. The molecule has 0 spiro atoms. The Bertz CT molecular complexity index is 1130. The smallest absolute Gasteiger partial charge is 0.335 e. The molecule has 10 heteroatoms. The maximum absolute atomic E-state index is 13.1. The van der Waals surface area contributed by atoms with Crippen LogP contribution in [0, 0.1) is 0 Å². The van der Waals surface area contributed by atoms with Crippen LogP contribution in [0.2, 0.25) is 0 Å². The zero-order chi connectivity index (χ0) is 22.1. The van der Waals surface area contributed by atoms with Crippen LogP contribution in [-0.2, 0) is 9.59 Å². The van der Waals surface area contributed by atoms with Crippen molar-refractivity contribution in [3.63, 3.8) is 0 Å². The van der Waals surface area contributed by atoms with Crippen molar-refractivity contribution in [2.24, 2.45) is 0 Å². The van der Waals surface area contributed by atoms with Crippen molar-refractivity contribution in [2.75, 3.05) is 25.4 Å². The first-order chi connectivity index (χ1) is 14.9. The maximum atomic E-state index is 13.1. The highest BCUT2D eigenvalue weighted by atomic mass is 79.9. The SMILES string of the molecule is CCOc1cc(Br)c(/C=C2\C(=O)NC(=O)N(c3ccc4c(c3)OCO4)C2=O)cc1OC. The number of nitrogens with zero attached hydrogens (tertiary/aromatic N) is 1. The molecular formula is C21H17BrN2O7. The van der Waals surface area contributed by atoms with E-state index in [1.807, 2.05) is 6.92 Å². The molecule has 0 bridgehead atoms. The topological polar surface area (TPSA) is 103 Å². The summed E-state index contributed by atoms with van der Waals surface area (Å²) in [5, 5.41) is 2.19. The summed E-state index contributed by atoms with van der Waals surface area (Å²) in [5.41, 5.74) is 0.524. The highest BCUT2D eigenvalue weighted by Gasteiger charge is 2.37. The van der Waals surface area contributed by atoms with Crippen molar-refractivity contribution in [3.05, 3.63) is 45.9 Å². The van der Waals surface area contributed by atoms with Gasteiger partial charge in [-0.15, -0.1) is 0 Å². The quantitative estimate of drug-likeness (QED) is 0.508. The summed E-state index contributed by atoms with van der Waals surface area (Å²) >= 11 is 3.42. The molecule has 4 rings (SSSR count). The van der Waals surface area contributed by atoms with Crippen LogP contribution < -0.4 is 29.2 Å². The number of urea groups is 1. The van der Waals surface area contributed by atoms with E-state index in [1.54, 1.807) is 18.2 Å². The Hall–Kier alpha value is -3.53. The lowest BCUT2D eigenvalue weighted by Gasteiger charge is -2.26. The summed E-state index contributed by atoms with van der Waals surface area (Å²) in [4.78, 5) is 38.9. The molecule has 1 fully saturated rings. The van der Waals surface area contributed by atoms with Gasteiger partial charge < -0.3 is 18.9 Å². The van der Waals surface area contributed by atoms with Gasteiger partial charge in [-0.05, 0) is 42.8 Å². The minimum absolute atomic E-state index is 0.0518. The first-order valence-electron chi connectivity index (χ1n) is 9.24. The summed E-state index contributed by atoms with van der Waals surface area (Å²) in [6.45, 7) is 2.34. The van der Waals surface area contributed by atoms with Crippen molar-refractivity contribution in [3.8, 4) is 23.0 Å². The molecule has 0 radical (unpaired) electrons. The highest BCUT2D eigenvalue weighted by molar-refractivity contribution is 9.10. The molecule has 1 N–H and O–H groups in total. The molecular weight excluding hydrogens is 472 g/mol. The van der Waals surface area contributed by atoms with Gasteiger partial charge in [-0.1, -0.05) is 15.9 Å². The van der Waals surface area contributed by atoms with Gasteiger partial charge in [0.1, 0.15) is 5.57 Å². The second-order valence-corrected chi connectivity index (χ2v) is 7.31. The van der Waals surface area contributed by atoms with Crippen LogP contribution in [0.1, 0.15) is 12.5 Å². The monoisotopic (exact) mass is 488 g/mol. The Kier molecular flexibility index (Phi) is 5.55. The molecule has 2 heterocycles. The molecule has 0 unspecified atom stereocenters. The van der Waals surface area contributed by atoms with Crippen molar-refractivity contribution in [2.45, 2.75) is 6.92 Å². The molecule has 31 heavy (non-hydrogen) atoms. The van der Waals surface area contributed by atoms with Gasteiger partial charge in [-0.2, -0.15) is 0 Å². The van der Waals surface area contributed by atoms with Crippen molar-refractivity contribution < 1.29 is 33.3 Å². The molecule has 0 aliphatic carbocycles. The number of rotatable bonds is 5. The van der Waals surface area contributed by atoms with Crippen molar-refractivity contribution in [1.29, 1.82) is 0 Å². The lowest BCUT2D eigenvalue weighted by Crippen LogP contribution is -2.54. The van der Waals surface area contributed by atoms with Crippen LogP contribution in [0.15, 0.2) is 40.4 Å². The van der Waals surface area contributed by atoms with E-state index in [9.17, 15) is 14.4 Å². The number of carbonyl (C=O) groups is 3. The summed E-state index contributed by atoms with van der Waals surface area (Å²) in [6, 6.07) is 7.09. The maximum Gasteiger partial charge on any atom is 0.335 e. The number of ether oxygens (including phenoxy) is 4. The van der Waals surface area contributed by atoms with Gasteiger partial charge in [0.2, 0.25) is 6.79 Å². The Balaban J connectivity index is 1.73. The highest BCUT2D eigenvalue weighted by Crippen LogP contribution is 2.37. The van der Waals surface area contributed by atoms with Crippen LogP contribution in [-0.4, -0.2) is 38.4 Å². The van der Waals surface area contributed by atoms with Crippen LogP contribution in [0.25, 0.3) is 6.08 Å². The van der Waals surface area contributed by atoms with Gasteiger partial charge in [0, 0.05) is 10.5 Å². The molecule has 1 saturated heterocycles. The second kappa shape index (κ2) is 8.31. The van der Waals surface area contributed by atoms with E-state index in [1.165, 1.54) is 25.3 Å². The van der Waals surface area contributed by atoms with E-state index in [4.69, 9.17) is 18.9 Å². The Labute approximate surface area is 185 Å². The first kappa shape index (κ1) is 20.7. The minimum atomic E-state index is -0.852. The average molecular weight is 489 g/mol. The van der Waals surface area contributed by atoms with E-state index in [-0.39, 0.29) is 18.1 Å². The number of methoxy groups -OCH3 is 1. The molecule has 2 aliphatic rings. The number of anilines is 1. The number of halogens is 1. The van der Waals surface area contributed by atoms with Crippen LogP contribution in [0.4, 0.5) is 10.5 Å².